The Morgan fingerprint density at radius 1 is 1.39 bits per heavy atom. The van der Waals surface area contributed by atoms with Crippen molar-refractivity contribution in [1.29, 1.82) is 0 Å². The zero-order valence-electron chi connectivity index (χ0n) is 11.2. The van der Waals surface area contributed by atoms with Crippen molar-refractivity contribution in [2.75, 3.05) is 26.8 Å². The molecule has 1 saturated heterocycles. The first-order valence-corrected chi connectivity index (χ1v) is 6.77. The van der Waals surface area contributed by atoms with Gasteiger partial charge in [-0.2, -0.15) is 0 Å². The van der Waals surface area contributed by atoms with Crippen LogP contribution >= 0.6 is 12.4 Å². The van der Waals surface area contributed by atoms with E-state index in [4.69, 9.17) is 4.74 Å². The molecule has 2 fully saturated rings. The average Bonchev–Trinajstić information content (AvgIpc) is 2.98. The van der Waals surface area contributed by atoms with Crippen LogP contribution in [-0.2, 0) is 9.53 Å². The third-order valence-electron chi connectivity index (χ3n) is 4.08. The summed E-state index contributed by atoms with van der Waals surface area (Å²) in [5.41, 5.74) is -0.0248. The molecule has 1 amide bonds. The highest BCUT2D eigenvalue weighted by Gasteiger charge is 2.34. The fourth-order valence-electron chi connectivity index (χ4n) is 3.06. The maximum atomic E-state index is 12.0. The standard InChI is InChI=1S/C13H24N2O2.ClH/c1-17-10-13(7-4-8-15-13)9-14-12(16)11-5-2-3-6-11;/h11,15H,2-10H2,1H3,(H,14,16);1H. The number of halogens is 1. The van der Waals surface area contributed by atoms with Crippen LogP contribution < -0.4 is 10.6 Å². The topological polar surface area (TPSA) is 50.4 Å². The fourth-order valence-corrected chi connectivity index (χ4v) is 3.06. The van der Waals surface area contributed by atoms with E-state index >= 15 is 0 Å². The molecule has 1 saturated carbocycles. The second kappa shape index (κ2) is 7.31. The van der Waals surface area contributed by atoms with E-state index in [-0.39, 0.29) is 29.8 Å². The van der Waals surface area contributed by atoms with Gasteiger partial charge in [0.15, 0.2) is 0 Å². The van der Waals surface area contributed by atoms with Gasteiger partial charge in [-0.15, -0.1) is 12.4 Å². The van der Waals surface area contributed by atoms with E-state index in [1.807, 2.05) is 0 Å². The van der Waals surface area contributed by atoms with Gasteiger partial charge < -0.3 is 15.4 Å². The first-order chi connectivity index (χ1) is 8.26. The highest BCUT2D eigenvalue weighted by molar-refractivity contribution is 5.85. The van der Waals surface area contributed by atoms with Crippen molar-refractivity contribution in [3.63, 3.8) is 0 Å². The molecule has 2 rings (SSSR count). The molecule has 0 aromatic heterocycles. The molecule has 1 heterocycles. The lowest BCUT2D eigenvalue weighted by molar-refractivity contribution is -0.125. The maximum absolute atomic E-state index is 12.0. The van der Waals surface area contributed by atoms with Crippen molar-refractivity contribution < 1.29 is 9.53 Å². The largest absolute Gasteiger partial charge is 0.383 e. The summed E-state index contributed by atoms with van der Waals surface area (Å²) in [7, 11) is 1.72. The smallest absolute Gasteiger partial charge is 0.223 e. The second-order valence-corrected chi connectivity index (χ2v) is 5.44. The first kappa shape index (κ1) is 15.7. The summed E-state index contributed by atoms with van der Waals surface area (Å²) in [6, 6.07) is 0. The molecule has 106 valence electrons. The van der Waals surface area contributed by atoms with Crippen molar-refractivity contribution in [3.8, 4) is 0 Å². The van der Waals surface area contributed by atoms with Gasteiger partial charge in [0.2, 0.25) is 5.91 Å². The highest BCUT2D eigenvalue weighted by atomic mass is 35.5. The van der Waals surface area contributed by atoms with Crippen LogP contribution in [0.2, 0.25) is 0 Å². The Morgan fingerprint density at radius 3 is 2.67 bits per heavy atom. The monoisotopic (exact) mass is 276 g/mol. The Labute approximate surface area is 116 Å². The molecule has 2 aliphatic rings. The van der Waals surface area contributed by atoms with Gasteiger partial charge in [0.25, 0.3) is 0 Å². The number of ether oxygens (including phenoxy) is 1. The van der Waals surface area contributed by atoms with Crippen molar-refractivity contribution in [2.24, 2.45) is 5.92 Å². The van der Waals surface area contributed by atoms with E-state index < -0.39 is 0 Å². The van der Waals surface area contributed by atoms with Gasteiger partial charge in [-0.3, -0.25) is 4.79 Å². The highest BCUT2D eigenvalue weighted by Crippen LogP contribution is 2.25. The van der Waals surface area contributed by atoms with E-state index in [1.54, 1.807) is 7.11 Å². The van der Waals surface area contributed by atoms with Crippen LogP contribution in [0.1, 0.15) is 38.5 Å². The molecule has 0 radical (unpaired) electrons. The van der Waals surface area contributed by atoms with E-state index in [1.165, 1.54) is 19.3 Å². The molecule has 5 heteroatoms. The predicted molar refractivity (Wildman–Crippen MR) is 74.1 cm³/mol. The van der Waals surface area contributed by atoms with E-state index in [0.717, 1.165) is 25.8 Å². The molecule has 1 atom stereocenters. The van der Waals surface area contributed by atoms with Crippen LogP contribution in [-0.4, -0.2) is 38.3 Å². The van der Waals surface area contributed by atoms with Crippen LogP contribution in [0, 0.1) is 5.92 Å². The number of nitrogens with one attached hydrogen (secondary N) is 2. The molecule has 1 aliphatic heterocycles. The lowest BCUT2D eigenvalue weighted by atomic mass is 9.98. The van der Waals surface area contributed by atoms with Crippen LogP contribution in [0.4, 0.5) is 0 Å². The Bertz CT molecular complexity index is 262. The third kappa shape index (κ3) is 3.84. The molecule has 2 N–H and O–H groups in total. The molecule has 1 unspecified atom stereocenters. The Hall–Kier alpha value is -0.320. The van der Waals surface area contributed by atoms with Gasteiger partial charge in [-0.1, -0.05) is 12.8 Å². The minimum Gasteiger partial charge on any atom is -0.383 e. The molecule has 0 spiro atoms. The minimum absolute atomic E-state index is 0. The zero-order valence-corrected chi connectivity index (χ0v) is 12.0. The molecular weight excluding hydrogens is 252 g/mol. The number of amides is 1. The third-order valence-corrected chi connectivity index (χ3v) is 4.08. The number of methoxy groups -OCH3 is 1. The van der Waals surface area contributed by atoms with Gasteiger partial charge in [-0.25, -0.2) is 0 Å². The quantitative estimate of drug-likeness (QED) is 0.800. The van der Waals surface area contributed by atoms with Crippen molar-refractivity contribution in [3.05, 3.63) is 0 Å². The second-order valence-electron chi connectivity index (χ2n) is 5.44. The summed E-state index contributed by atoms with van der Waals surface area (Å²) >= 11 is 0. The fraction of sp³-hybridized carbons (Fsp3) is 0.923. The first-order valence-electron chi connectivity index (χ1n) is 6.77. The summed E-state index contributed by atoms with van der Waals surface area (Å²) in [5.74, 6) is 0.502. The number of hydrogen-bond donors (Lipinski definition) is 2. The summed E-state index contributed by atoms with van der Waals surface area (Å²) < 4.78 is 5.27. The van der Waals surface area contributed by atoms with Crippen molar-refractivity contribution >= 4 is 18.3 Å². The minimum atomic E-state index is -0.0248. The number of rotatable bonds is 5. The number of carbonyl (C=O) groups is 1. The van der Waals surface area contributed by atoms with Crippen LogP contribution in [0.5, 0.6) is 0 Å². The molecule has 0 bridgehead atoms. The van der Waals surface area contributed by atoms with Gasteiger partial charge in [0.1, 0.15) is 0 Å². The molecule has 0 aromatic carbocycles. The number of carbonyl (C=O) groups excluding carboxylic acids is 1. The zero-order chi connectivity index (χ0) is 12.1. The lowest BCUT2D eigenvalue weighted by Crippen LogP contribution is -2.53. The molecule has 1 aliphatic carbocycles. The Balaban J connectivity index is 0.00000162. The summed E-state index contributed by atoms with van der Waals surface area (Å²) in [6.07, 6.45) is 6.81. The van der Waals surface area contributed by atoms with Gasteiger partial charge in [0, 0.05) is 19.6 Å². The maximum Gasteiger partial charge on any atom is 0.223 e. The molecular formula is C13H25ClN2O2. The van der Waals surface area contributed by atoms with E-state index in [2.05, 4.69) is 10.6 Å². The summed E-state index contributed by atoms with van der Waals surface area (Å²) in [6.45, 7) is 2.41. The van der Waals surface area contributed by atoms with Gasteiger partial charge in [-0.05, 0) is 32.2 Å². The van der Waals surface area contributed by atoms with Crippen molar-refractivity contribution in [1.82, 2.24) is 10.6 Å². The lowest BCUT2D eigenvalue weighted by Gasteiger charge is -2.29. The van der Waals surface area contributed by atoms with Gasteiger partial charge >= 0.3 is 0 Å². The van der Waals surface area contributed by atoms with Crippen LogP contribution in [0.25, 0.3) is 0 Å². The molecule has 4 nitrogen and oxygen atoms in total. The molecule has 18 heavy (non-hydrogen) atoms. The van der Waals surface area contributed by atoms with Gasteiger partial charge in [0.05, 0.1) is 12.1 Å². The van der Waals surface area contributed by atoms with E-state index in [0.29, 0.717) is 13.2 Å². The molecule has 0 aromatic rings. The SMILES string of the molecule is COCC1(CNC(=O)C2CCCC2)CCCN1.Cl. The normalized spacial score (nSPS) is 28.1. The Morgan fingerprint density at radius 2 is 2.11 bits per heavy atom. The Kier molecular flexibility index (Phi) is 6.39. The van der Waals surface area contributed by atoms with Crippen LogP contribution in [0.3, 0.4) is 0 Å². The van der Waals surface area contributed by atoms with Crippen molar-refractivity contribution in [2.45, 2.75) is 44.1 Å². The predicted octanol–water partition coefficient (Wildman–Crippen LogP) is 1.48. The summed E-state index contributed by atoms with van der Waals surface area (Å²) in [4.78, 5) is 12.0. The van der Waals surface area contributed by atoms with Crippen LogP contribution in [0.15, 0.2) is 0 Å². The summed E-state index contributed by atoms with van der Waals surface area (Å²) in [5, 5.41) is 6.59. The van der Waals surface area contributed by atoms with E-state index in [9.17, 15) is 4.79 Å². The average molecular weight is 277 g/mol. The number of hydrogen-bond acceptors (Lipinski definition) is 3.